The number of benzene rings is 2. The molecule has 1 unspecified atom stereocenters. The van der Waals surface area contributed by atoms with Crippen LogP contribution in [0, 0.1) is 0 Å². The fourth-order valence-electron chi connectivity index (χ4n) is 2.69. The number of nitrogens with two attached hydrogens (primary N) is 1. The van der Waals surface area contributed by atoms with E-state index in [4.69, 9.17) is 33.9 Å². The largest absolute Gasteiger partial charge is 0.385 e. The van der Waals surface area contributed by atoms with Gasteiger partial charge in [0.1, 0.15) is 5.82 Å². The highest BCUT2D eigenvalue weighted by Crippen LogP contribution is 2.31. The van der Waals surface area contributed by atoms with Gasteiger partial charge >= 0.3 is 0 Å². The zero-order valence-electron chi connectivity index (χ0n) is 13.2. The molecular weight excluding hydrogens is 343 g/mol. The summed E-state index contributed by atoms with van der Waals surface area (Å²) in [7, 11) is 0. The summed E-state index contributed by atoms with van der Waals surface area (Å²) in [5.74, 6) is 1.13. The Hall–Kier alpha value is -2.17. The Morgan fingerprint density at radius 1 is 1.08 bits per heavy atom. The van der Waals surface area contributed by atoms with Crippen molar-refractivity contribution in [1.29, 1.82) is 0 Å². The van der Waals surface area contributed by atoms with Gasteiger partial charge in [0.05, 0.1) is 5.54 Å². The molecule has 2 aromatic rings. The highest BCUT2D eigenvalue weighted by Gasteiger charge is 2.28. The number of halogens is 2. The minimum Gasteiger partial charge on any atom is -0.385 e. The first-order chi connectivity index (χ1) is 11.5. The molecule has 0 saturated heterocycles. The first-order valence-electron chi connectivity index (χ1n) is 7.55. The SMILES string of the molecule is CC1(Cc2c(Cl)cccc2Cl)C=C(N)NC(Nc2ccccc2)=N1. The van der Waals surface area contributed by atoms with E-state index in [2.05, 4.69) is 10.6 Å². The summed E-state index contributed by atoms with van der Waals surface area (Å²) < 4.78 is 0. The van der Waals surface area contributed by atoms with Crippen molar-refractivity contribution in [1.82, 2.24) is 5.32 Å². The van der Waals surface area contributed by atoms with Gasteiger partial charge in [-0.25, -0.2) is 4.99 Å². The summed E-state index contributed by atoms with van der Waals surface area (Å²) >= 11 is 12.6. The molecule has 24 heavy (non-hydrogen) atoms. The van der Waals surface area contributed by atoms with E-state index in [1.165, 1.54) is 0 Å². The zero-order valence-corrected chi connectivity index (χ0v) is 14.7. The van der Waals surface area contributed by atoms with Crippen LogP contribution in [0.3, 0.4) is 0 Å². The zero-order chi connectivity index (χ0) is 17.2. The molecular formula is C18H18Cl2N4. The number of rotatable bonds is 3. The van der Waals surface area contributed by atoms with Crippen LogP contribution < -0.4 is 16.4 Å². The van der Waals surface area contributed by atoms with Crippen LogP contribution in [0.2, 0.25) is 10.0 Å². The van der Waals surface area contributed by atoms with E-state index >= 15 is 0 Å². The molecule has 0 aromatic heterocycles. The van der Waals surface area contributed by atoms with Gasteiger partial charge in [-0.15, -0.1) is 0 Å². The Kier molecular flexibility index (Phi) is 4.69. The second-order valence-corrected chi connectivity index (χ2v) is 6.72. The van der Waals surface area contributed by atoms with Gasteiger partial charge in [-0.05, 0) is 42.8 Å². The van der Waals surface area contributed by atoms with Crippen molar-refractivity contribution >= 4 is 34.8 Å². The molecule has 1 aliphatic heterocycles. The number of hydrogen-bond donors (Lipinski definition) is 3. The van der Waals surface area contributed by atoms with Gasteiger partial charge in [0.15, 0.2) is 0 Å². The highest BCUT2D eigenvalue weighted by molar-refractivity contribution is 6.36. The van der Waals surface area contributed by atoms with Gasteiger partial charge in [-0.1, -0.05) is 47.5 Å². The monoisotopic (exact) mass is 360 g/mol. The predicted molar refractivity (Wildman–Crippen MR) is 101 cm³/mol. The molecule has 0 spiro atoms. The van der Waals surface area contributed by atoms with Crippen molar-refractivity contribution in [2.75, 3.05) is 5.32 Å². The molecule has 3 rings (SSSR count). The third-order valence-electron chi connectivity index (χ3n) is 3.73. The summed E-state index contributed by atoms with van der Waals surface area (Å²) in [6, 6.07) is 15.3. The molecule has 0 amide bonds. The average Bonchev–Trinajstić information content (AvgIpc) is 2.51. The van der Waals surface area contributed by atoms with Crippen molar-refractivity contribution in [2.24, 2.45) is 10.7 Å². The minimum atomic E-state index is -0.554. The Morgan fingerprint density at radius 3 is 2.42 bits per heavy atom. The average molecular weight is 361 g/mol. The van der Waals surface area contributed by atoms with Crippen LogP contribution in [0.5, 0.6) is 0 Å². The van der Waals surface area contributed by atoms with Crippen LogP contribution in [-0.2, 0) is 6.42 Å². The second kappa shape index (κ2) is 6.75. The van der Waals surface area contributed by atoms with Crippen LogP contribution >= 0.6 is 23.2 Å². The Labute approximate surface area is 151 Å². The fourth-order valence-corrected chi connectivity index (χ4v) is 3.22. The van der Waals surface area contributed by atoms with E-state index in [-0.39, 0.29) is 0 Å². The third kappa shape index (κ3) is 3.83. The number of guanidine groups is 1. The molecule has 1 heterocycles. The molecule has 0 aliphatic carbocycles. The van der Waals surface area contributed by atoms with E-state index in [0.717, 1.165) is 11.3 Å². The van der Waals surface area contributed by atoms with Crippen LogP contribution in [-0.4, -0.2) is 11.5 Å². The van der Waals surface area contributed by atoms with Gasteiger partial charge in [0.25, 0.3) is 0 Å². The summed E-state index contributed by atoms with van der Waals surface area (Å²) in [5.41, 5.74) is 7.28. The molecule has 0 saturated carbocycles. The second-order valence-electron chi connectivity index (χ2n) is 5.91. The number of anilines is 1. The first kappa shape index (κ1) is 16.7. The standard InChI is InChI=1S/C18H18Cl2N4/c1-18(10-13-14(19)8-5-9-15(13)20)11-16(21)23-17(24-18)22-12-6-3-2-4-7-12/h2-9,11H,10,21H2,1H3,(H2,22,23,24). The van der Waals surface area contributed by atoms with Gasteiger partial charge in [0.2, 0.25) is 5.96 Å². The first-order valence-corrected chi connectivity index (χ1v) is 8.31. The van der Waals surface area contributed by atoms with E-state index in [9.17, 15) is 0 Å². The Morgan fingerprint density at radius 2 is 1.75 bits per heavy atom. The smallest absolute Gasteiger partial charge is 0.202 e. The van der Waals surface area contributed by atoms with Crippen molar-refractivity contribution in [3.63, 3.8) is 0 Å². The van der Waals surface area contributed by atoms with E-state index in [1.807, 2.05) is 61.5 Å². The predicted octanol–water partition coefficient (Wildman–Crippen LogP) is 4.17. The molecule has 1 aliphatic rings. The maximum atomic E-state index is 6.30. The summed E-state index contributed by atoms with van der Waals surface area (Å²) in [5, 5.41) is 7.53. The van der Waals surface area contributed by atoms with E-state index in [0.29, 0.717) is 28.2 Å². The van der Waals surface area contributed by atoms with Gasteiger partial charge in [0, 0.05) is 22.2 Å². The number of nitrogens with zero attached hydrogens (tertiary/aromatic N) is 1. The molecule has 0 radical (unpaired) electrons. The van der Waals surface area contributed by atoms with Crippen LogP contribution in [0.25, 0.3) is 0 Å². The molecule has 4 N–H and O–H groups in total. The summed E-state index contributed by atoms with van der Waals surface area (Å²) in [6.45, 7) is 1.99. The lowest BCUT2D eigenvalue weighted by atomic mass is 9.92. The van der Waals surface area contributed by atoms with Crippen LogP contribution in [0.1, 0.15) is 12.5 Å². The van der Waals surface area contributed by atoms with Crippen molar-refractivity contribution in [3.05, 3.63) is 76.0 Å². The van der Waals surface area contributed by atoms with E-state index < -0.39 is 5.54 Å². The summed E-state index contributed by atoms with van der Waals surface area (Å²) in [6.07, 6.45) is 2.43. The maximum Gasteiger partial charge on any atom is 0.202 e. The third-order valence-corrected chi connectivity index (χ3v) is 4.44. The number of hydrogen-bond acceptors (Lipinski definition) is 4. The lowest BCUT2D eigenvalue weighted by Crippen LogP contribution is -2.42. The minimum absolute atomic E-state index is 0.536. The van der Waals surface area contributed by atoms with Crippen molar-refractivity contribution in [3.8, 4) is 0 Å². The highest BCUT2D eigenvalue weighted by atomic mass is 35.5. The molecule has 124 valence electrons. The molecule has 6 heteroatoms. The van der Waals surface area contributed by atoms with Gasteiger partial charge < -0.3 is 16.4 Å². The normalized spacial score (nSPS) is 20.0. The Balaban J connectivity index is 1.88. The summed E-state index contributed by atoms with van der Waals surface area (Å²) in [4.78, 5) is 4.76. The van der Waals surface area contributed by atoms with Gasteiger partial charge in [-0.3, -0.25) is 0 Å². The quantitative estimate of drug-likeness (QED) is 0.769. The molecule has 4 nitrogen and oxygen atoms in total. The number of aliphatic imine (C=N–C) groups is 1. The fraction of sp³-hybridized carbons (Fsp3) is 0.167. The van der Waals surface area contributed by atoms with Crippen LogP contribution in [0.4, 0.5) is 5.69 Å². The lowest BCUT2D eigenvalue weighted by molar-refractivity contribution is 0.565. The van der Waals surface area contributed by atoms with Crippen LogP contribution in [0.15, 0.2) is 65.4 Å². The molecule has 2 aromatic carbocycles. The van der Waals surface area contributed by atoms with E-state index in [1.54, 1.807) is 0 Å². The van der Waals surface area contributed by atoms with Crippen molar-refractivity contribution < 1.29 is 0 Å². The lowest BCUT2D eigenvalue weighted by Gasteiger charge is -2.29. The van der Waals surface area contributed by atoms with Gasteiger partial charge in [-0.2, -0.15) is 0 Å². The number of para-hydroxylation sites is 1. The maximum absolute atomic E-state index is 6.30. The molecule has 0 fully saturated rings. The molecule has 1 atom stereocenters. The number of nitrogens with one attached hydrogen (secondary N) is 2. The Bertz CT molecular complexity index is 782. The molecule has 0 bridgehead atoms. The topological polar surface area (TPSA) is 62.4 Å². The van der Waals surface area contributed by atoms with Crippen molar-refractivity contribution in [2.45, 2.75) is 18.9 Å².